The highest BCUT2D eigenvalue weighted by Gasteiger charge is 2.43. The molecule has 2 aliphatic heterocycles. The highest BCUT2D eigenvalue weighted by Crippen LogP contribution is 2.43. The number of halogens is 1. The number of methoxy groups -OCH3 is 1. The Balaban J connectivity index is 1.53. The van der Waals surface area contributed by atoms with Gasteiger partial charge in [-0.3, -0.25) is 4.79 Å². The maximum Gasteiger partial charge on any atom is 0.254 e. The lowest BCUT2D eigenvalue weighted by molar-refractivity contribution is 0.0571. The standard InChI is InChI=1S/C22H24FNO2/c1-14-11-16(5-10-21(14)26-2)22(25)24-19-8-9-20(24)13-17(12-19)15-3-6-18(23)7-4-15/h3-7,10-11,17,19-20H,8-9,12-13H2,1-2H3/t17-,19+,20-. The first-order chi connectivity index (χ1) is 12.6. The van der Waals surface area contributed by atoms with E-state index in [0.29, 0.717) is 5.92 Å². The minimum absolute atomic E-state index is 0.126. The van der Waals surface area contributed by atoms with Crippen molar-refractivity contribution in [2.45, 2.75) is 50.6 Å². The van der Waals surface area contributed by atoms with E-state index in [1.807, 2.05) is 37.3 Å². The first kappa shape index (κ1) is 17.1. The number of nitrogens with zero attached hydrogens (tertiary/aromatic N) is 1. The zero-order valence-electron chi connectivity index (χ0n) is 15.2. The Morgan fingerprint density at radius 1 is 1.08 bits per heavy atom. The van der Waals surface area contributed by atoms with Crippen LogP contribution in [-0.2, 0) is 0 Å². The topological polar surface area (TPSA) is 29.5 Å². The summed E-state index contributed by atoms with van der Waals surface area (Å²) in [6.07, 6.45) is 4.04. The molecule has 2 saturated heterocycles. The van der Waals surface area contributed by atoms with Crippen LogP contribution in [0.2, 0.25) is 0 Å². The summed E-state index contributed by atoms with van der Waals surface area (Å²) in [7, 11) is 1.64. The Morgan fingerprint density at radius 2 is 1.73 bits per heavy atom. The van der Waals surface area contributed by atoms with E-state index in [2.05, 4.69) is 4.90 Å². The number of fused-ring (bicyclic) bond motifs is 2. The van der Waals surface area contributed by atoms with Crippen molar-refractivity contribution >= 4 is 5.91 Å². The van der Waals surface area contributed by atoms with Crippen LogP contribution >= 0.6 is 0 Å². The highest BCUT2D eigenvalue weighted by molar-refractivity contribution is 5.95. The van der Waals surface area contributed by atoms with Gasteiger partial charge >= 0.3 is 0 Å². The second kappa shape index (κ2) is 6.75. The summed E-state index contributed by atoms with van der Waals surface area (Å²) in [5.74, 6) is 1.15. The van der Waals surface area contributed by atoms with Crippen molar-refractivity contribution in [3.8, 4) is 5.75 Å². The van der Waals surface area contributed by atoms with E-state index in [1.165, 1.54) is 17.7 Å². The third kappa shape index (κ3) is 2.98. The van der Waals surface area contributed by atoms with Crippen LogP contribution in [0.4, 0.5) is 4.39 Å². The number of benzene rings is 2. The summed E-state index contributed by atoms with van der Waals surface area (Å²) in [5.41, 5.74) is 2.91. The maximum absolute atomic E-state index is 13.2. The number of ether oxygens (including phenoxy) is 1. The lowest BCUT2D eigenvalue weighted by Gasteiger charge is -2.39. The van der Waals surface area contributed by atoms with Crippen molar-refractivity contribution in [1.82, 2.24) is 4.90 Å². The average molecular weight is 353 g/mol. The fraction of sp³-hybridized carbons (Fsp3) is 0.409. The quantitative estimate of drug-likeness (QED) is 0.801. The molecular weight excluding hydrogens is 329 g/mol. The smallest absolute Gasteiger partial charge is 0.254 e. The molecule has 3 nitrogen and oxygen atoms in total. The molecule has 0 unspecified atom stereocenters. The lowest BCUT2D eigenvalue weighted by atomic mass is 9.84. The van der Waals surface area contributed by atoms with Gasteiger partial charge in [0.2, 0.25) is 0 Å². The summed E-state index contributed by atoms with van der Waals surface area (Å²) in [6, 6.07) is 13.1. The third-order valence-corrected chi connectivity index (χ3v) is 5.95. The van der Waals surface area contributed by atoms with Crippen molar-refractivity contribution in [2.24, 2.45) is 0 Å². The molecule has 3 atom stereocenters. The molecular formula is C22H24FNO2. The molecule has 2 heterocycles. The number of carbonyl (C=O) groups is 1. The first-order valence-electron chi connectivity index (χ1n) is 9.29. The number of aryl methyl sites for hydroxylation is 1. The van der Waals surface area contributed by atoms with Crippen LogP contribution in [0.5, 0.6) is 5.75 Å². The minimum Gasteiger partial charge on any atom is -0.496 e. The molecule has 0 radical (unpaired) electrons. The van der Waals surface area contributed by atoms with Crippen LogP contribution in [0.1, 0.15) is 53.1 Å². The monoisotopic (exact) mass is 353 g/mol. The number of hydrogen-bond donors (Lipinski definition) is 0. The van der Waals surface area contributed by atoms with Gasteiger partial charge < -0.3 is 9.64 Å². The van der Waals surface area contributed by atoms with Crippen LogP contribution in [0, 0.1) is 12.7 Å². The van der Waals surface area contributed by atoms with Crippen molar-refractivity contribution in [3.63, 3.8) is 0 Å². The lowest BCUT2D eigenvalue weighted by Crippen LogP contribution is -2.46. The van der Waals surface area contributed by atoms with Gasteiger partial charge in [0.1, 0.15) is 11.6 Å². The predicted octanol–water partition coefficient (Wildman–Crippen LogP) is 4.69. The van der Waals surface area contributed by atoms with Crippen molar-refractivity contribution in [3.05, 3.63) is 65.0 Å². The van der Waals surface area contributed by atoms with E-state index >= 15 is 0 Å². The Morgan fingerprint density at radius 3 is 2.31 bits per heavy atom. The molecule has 0 saturated carbocycles. The van der Waals surface area contributed by atoms with Gasteiger partial charge in [-0.25, -0.2) is 4.39 Å². The zero-order chi connectivity index (χ0) is 18.3. The van der Waals surface area contributed by atoms with E-state index in [4.69, 9.17) is 4.74 Å². The van der Waals surface area contributed by atoms with Gasteiger partial charge in [-0.05, 0) is 80.0 Å². The largest absolute Gasteiger partial charge is 0.496 e. The number of rotatable bonds is 3. The van der Waals surface area contributed by atoms with E-state index in [0.717, 1.165) is 42.6 Å². The number of amides is 1. The zero-order valence-corrected chi connectivity index (χ0v) is 15.2. The molecule has 0 spiro atoms. The van der Waals surface area contributed by atoms with Crippen LogP contribution in [0.3, 0.4) is 0 Å². The van der Waals surface area contributed by atoms with E-state index in [-0.39, 0.29) is 23.8 Å². The van der Waals surface area contributed by atoms with Gasteiger partial charge in [-0.2, -0.15) is 0 Å². The Kier molecular flexibility index (Phi) is 4.43. The van der Waals surface area contributed by atoms with Crippen LogP contribution in [0.25, 0.3) is 0 Å². The van der Waals surface area contributed by atoms with Gasteiger partial charge in [0.05, 0.1) is 7.11 Å². The molecule has 136 valence electrons. The number of hydrogen-bond acceptors (Lipinski definition) is 2. The van der Waals surface area contributed by atoms with Crippen LogP contribution in [0.15, 0.2) is 42.5 Å². The maximum atomic E-state index is 13.2. The fourth-order valence-corrected chi connectivity index (χ4v) is 4.68. The summed E-state index contributed by atoms with van der Waals surface area (Å²) < 4.78 is 18.5. The Labute approximate surface area is 153 Å². The number of carbonyl (C=O) groups excluding carboxylic acids is 1. The second-order valence-electron chi connectivity index (χ2n) is 7.50. The molecule has 2 fully saturated rings. The van der Waals surface area contributed by atoms with Gasteiger partial charge in [-0.1, -0.05) is 12.1 Å². The highest BCUT2D eigenvalue weighted by atomic mass is 19.1. The normalized spacial score (nSPS) is 24.6. The molecule has 0 N–H and O–H groups in total. The molecule has 2 aliphatic rings. The molecule has 4 heteroatoms. The summed E-state index contributed by atoms with van der Waals surface area (Å²) in [6.45, 7) is 1.96. The minimum atomic E-state index is -0.195. The van der Waals surface area contributed by atoms with Gasteiger partial charge in [-0.15, -0.1) is 0 Å². The third-order valence-electron chi connectivity index (χ3n) is 5.95. The molecule has 2 aromatic rings. The molecule has 1 amide bonds. The first-order valence-corrected chi connectivity index (χ1v) is 9.29. The molecule has 4 rings (SSSR count). The van der Waals surface area contributed by atoms with Crippen molar-refractivity contribution in [1.29, 1.82) is 0 Å². The van der Waals surface area contributed by atoms with Gasteiger partial charge in [0, 0.05) is 17.6 Å². The SMILES string of the molecule is COc1ccc(C(=O)N2[C@@H]3CC[C@H]2C[C@@H](c2ccc(F)cc2)C3)cc1C. The predicted molar refractivity (Wildman–Crippen MR) is 99.1 cm³/mol. The molecule has 2 bridgehead atoms. The van der Waals surface area contributed by atoms with Gasteiger partial charge in [0.25, 0.3) is 5.91 Å². The summed E-state index contributed by atoms with van der Waals surface area (Å²) in [4.78, 5) is 15.2. The summed E-state index contributed by atoms with van der Waals surface area (Å²) >= 11 is 0. The molecule has 26 heavy (non-hydrogen) atoms. The molecule has 2 aromatic carbocycles. The van der Waals surface area contributed by atoms with Gasteiger partial charge in [0.15, 0.2) is 0 Å². The van der Waals surface area contributed by atoms with E-state index < -0.39 is 0 Å². The number of piperidine rings is 1. The Bertz CT molecular complexity index is 803. The Hall–Kier alpha value is -2.36. The van der Waals surface area contributed by atoms with Crippen LogP contribution < -0.4 is 4.74 Å². The van der Waals surface area contributed by atoms with E-state index in [1.54, 1.807) is 7.11 Å². The molecule has 0 aromatic heterocycles. The van der Waals surface area contributed by atoms with Crippen molar-refractivity contribution < 1.29 is 13.9 Å². The van der Waals surface area contributed by atoms with Crippen molar-refractivity contribution in [2.75, 3.05) is 7.11 Å². The molecule has 0 aliphatic carbocycles. The second-order valence-corrected chi connectivity index (χ2v) is 7.50. The summed E-state index contributed by atoms with van der Waals surface area (Å²) in [5, 5.41) is 0. The van der Waals surface area contributed by atoms with Crippen LogP contribution in [-0.4, -0.2) is 30.0 Å². The average Bonchev–Trinajstić information content (AvgIpc) is 2.91. The van der Waals surface area contributed by atoms with E-state index in [9.17, 15) is 9.18 Å². The fourth-order valence-electron chi connectivity index (χ4n) is 4.68.